The molecule has 2 nitrogen and oxygen atoms in total. The summed E-state index contributed by atoms with van der Waals surface area (Å²) in [5, 5.41) is 7.20. The normalized spacial score (nSPS) is 12.7. The van der Waals surface area contributed by atoms with Crippen LogP contribution < -0.4 is 0 Å². The number of hydrogen-bond donors (Lipinski definition) is 0. The predicted molar refractivity (Wildman–Crippen MR) is 131 cm³/mol. The highest BCUT2D eigenvalue weighted by Gasteiger charge is 2.22. The first-order valence-electron chi connectivity index (χ1n) is 10.1. The van der Waals surface area contributed by atoms with E-state index in [0.29, 0.717) is 0 Å². The lowest BCUT2D eigenvalue weighted by Crippen LogP contribution is -2.11. The minimum atomic E-state index is 0.0676. The highest BCUT2D eigenvalue weighted by atomic mass is 32.1. The Balaban J connectivity index is 1.78. The van der Waals surface area contributed by atoms with E-state index in [1.807, 2.05) is 35.1 Å². The van der Waals surface area contributed by atoms with Gasteiger partial charge in [0, 0.05) is 42.0 Å². The summed E-state index contributed by atoms with van der Waals surface area (Å²) in [6.45, 7) is 8.99. The van der Waals surface area contributed by atoms with E-state index >= 15 is 0 Å². The van der Waals surface area contributed by atoms with Gasteiger partial charge >= 0.3 is 0 Å². The molecule has 0 amide bonds. The Hall–Kier alpha value is -2.69. The van der Waals surface area contributed by atoms with Crippen LogP contribution in [0.1, 0.15) is 31.9 Å². The molecule has 4 heteroatoms. The smallest absolute Gasteiger partial charge is 0.134 e. The van der Waals surface area contributed by atoms with Crippen molar-refractivity contribution in [2.75, 3.05) is 0 Å². The molecule has 0 saturated carbocycles. The molecule has 0 bridgehead atoms. The zero-order valence-electron chi connectivity index (χ0n) is 17.4. The number of pyridine rings is 1. The first-order chi connectivity index (χ1) is 14.4. The van der Waals surface area contributed by atoms with Crippen LogP contribution in [-0.4, -0.2) is 4.98 Å². The highest BCUT2D eigenvalue weighted by molar-refractivity contribution is 7.26. The molecule has 2 aromatic carbocycles. The van der Waals surface area contributed by atoms with Crippen LogP contribution in [0.25, 0.3) is 52.5 Å². The van der Waals surface area contributed by atoms with E-state index in [1.165, 1.54) is 52.3 Å². The Morgan fingerprint density at radius 1 is 0.933 bits per heavy atom. The Morgan fingerprint density at radius 3 is 2.60 bits per heavy atom. The van der Waals surface area contributed by atoms with E-state index in [9.17, 15) is 0 Å². The van der Waals surface area contributed by atoms with Gasteiger partial charge in [0.05, 0.1) is 12.0 Å². The van der Waals surface area contributed by atoms with E-state index in [2.05, 4.69) is 69.5 Å². The summed E-state index contributed by atoms with van der Waals surface area (Å²) < 4.78 is 9.74. The number of hydrogen-bond acceptors (Lipinski definition) is 4. The van der Waals surface area contributed by atoms with Gasteiger partial charge in [0.25, 0.3) is 0 Å². The summed E-state index contributed by atoms with van der Waals surface area (Å²) in [5.41, 5.74) is 5.82. The fourth-order valence-corrected chi connectivity index (χ4v) is 6.70. The summed E-state index contributed by atoms with van der Waals surface area (Å²) in [5.74, 6) is 0. The molecular weight excluding hydrogens is 406 g/mol. The van der Waals surface area contributed by atoms with Crippen LogP contribution in [-0.2, 0) is 5.41 Å². The van der Waals surface area contributed by atoms with Crippen LogP contribution >= 0.6 is 22.7 Å². The van der Waals surface area contributed by atoms with Crippen molar-refractivity contribution in [3.8, 4) is 11.3 Å². The van der Waals surface area contributed by atoms with Crippen molar-refractivity contribution in [2.45, 2.75) is 33.1 Å². The van der Waals surface area contributed by atoms with E-state index in [4.69, 9.17) is 9.40 Å². The van der Waals surface area contributed by atoms with Crippen molar-refractivity contribution >= 4 is 63.9 Å². The third kappa shape index (κ3) is 2.50. The molecule has 0 unspecified atom stereocenters. The van der Waals surface area contributed by atoms with E-state index in [1.54, 1.807) is 0 Å². The number of fused-ring (bicyclic) bond motifs is 6. The van der Waals surface area contributed by atoms with Crippen molar-refractivity contribution in [3.63, 3.8) is 0 Å². The minimum absolute atomic E-state index is 0.0676. The van der Waals surface area contributed by atoms with Crippen molar-refractivity contribution in [1.29, 1.82) is 0 Å². The van der Waals surface area contributed by atoms with E-state index in [-0.39, 0.29) is 5.41 Å². The molecule has 148 valence electrons. The summed E-state index contributed by atoms with van der Waals surface area (Å²) >= 11 is 3.66. The Bertz CT molecular complexity index is 1590. The van der Waals surface area contributed by atoms with Gasteiger partial charge in [0.2, 0.25) is 0 Å². The van der Waals surface area contributed by atoms with Crippen molar-refractivity contribution in [3.05, 3.63) is 65.4 Å². The Labute approximate surface area is 182 Å². The molecule has 4 aromatic heterocycles. The molecule has 0 aliphatic heterocycles. The SMILES string of the molecule is Cc1coc2ccc3sc4ccnc(-c5cc(C(C)(C)C)c6sccc6c5)c4c3c12. The standard InChI is InChI=1S/C26H21NOS2/c1-14-13-28-18-5-6-19-22(21(14)18)23-20(30-19)7-9-27-24(23)16-11-15-8-10-29-25(15)17(12-16)26(2,3)4/h5-13H,1-4H3. The second-order valence-electron chi connectivity index (χ2n) is 8.98. The first kappa shape index (κ1) is 18.1. The lowest BCUT2D eigenvalue weighted by Gasteiger charge is -2.21. The fraction of sp³-hybridized carbons (Fsp3) is 0.192. The maximum absolute atomic E-state index is 5.82. The largest absolute Gasteiger partial charge is 0.464 e. The van der Waals surface area contributed by atoms with Gasteiger partial charge in [-0.1, -0.05) is 20.8 Å². The lowest BCUT2D eigenvalue weighted by molar-refractivity contribution is 0.597. The van der Waals surface area contributed by atoms with Crippen LogP contribution in [0.2, 0.25) is 0 Å². The number of thiophene rings is 2. The molecule has 0 N–H and O–H groups in total. The van der Waals surface area contributed by atoms with Gasteiger partial charge in [-0.2, -0.15) is 0 Å². The van der Waals surface area contributed by atoms with Crippen LogP contribution in [0.4, 0.5) is 0 Å². The number of benzene rings is 2. The maximum atomic E-state index is 5.82. The van der Waals surface area contributed by atoms with Crippen molar-refractivity contribution in [2.24, 2.45) is 0 Å². The number of rotatable bonds is 1. The molecule has 0 aliphatic carbocycles. The average molecular weight is 428 g/mol. The molecule has 6 rings (SSSR count). The topological polar surface area (TPSA) is 26.0 Å². The molecule has 0 fully saturated rings. The zero-order valence-corrected chi connectivity index (χ0v) is 19.0. The van der Waals surface area contributed by atoms with Crippen LogP contribution in [0.3, 0.4) is 0 Å². The molecule has 0 atom stereocenters. The van der Waals surface area contributed by atoms with Gasteiger partial charge in [-0.25, -0.2) is 0 Å². The van der Waals surface area contributed by atoms with Crippen LogP contribution in [0.5, 0.6) is 0 Å². The second kappa shape index (κ2) is 6.16. The summed E-state index contributed by atoms with van der Waals surface area (Å²) in [6, 6.07) is 13.3. The molecule has 30 heavy (non-hydrogen) atoms. The van der Waals surface area contributed by atoms with Crippen molar-refractivity contribution < 1.29 is 4.42 Å². The molecule has 0 aliphatic rings. The number of furan rings is 1. The number of aryl methyl sites for hydroxylation is 1. The third-order valence-corrected chi connectivity index (χ3v) is 7.98. The third-order valence-electron chi connectivity index (χ3n) is 5.90. The van der Waals surface area contributed by atoms with Crippen LogP contribution in [0, 0.1) is 6.92 Å². The van der Waals surface area contributed by atoms with Gasteiger partial charge in [-0.3, -0.25) is 4.98 Å². The lowest BCUT2D eigenvalue weighted by atomic mass is 9.84. The second-order valence-corrected chi connectivity index (χ2v) is 11.0. The molecule has 0 spiro atoms. The molecule has 0 radical (unpaired) electrons. The molecular formula is C26H21NOS2. The summed E-state index contributed by atoms with van der Waals surface area (Å²) in [6.07, 6.45) is 3.81. The highest BCUT2D eigenvalue weighted by Crippen LogP contribution is 2.45. The summed E-state index contributed by atoms with van der Waals surface area (Å²) in [7, 11) is 0. The predicted octanol–water partition coefficient (Wildman–Crippen LogP) is 8.68. The van der Waals surface area contributed by atoms with Crippen LogP contribution in [0.15, 0.2) is 58.7 Å². The molecule has 4 heterocycles. The van der Waals surface area contributed by atoms with E-state index in [0.717, 1.165) is 11.3 Å². The molecule has 6 aromatic rings. The Morgan fingerprint density at radius 2 is 1.77 bits per heavy atom. The molecule has 0 saturated heterocycles. The number of nitrogens with zero attached hydrogens (tertiary/aromatic N) is 1. The van der Waals surface area contributed by atoms with Gasteiger partial charge in [-0.05, 0) is 70.6 Å². The first-order valence-corrected chi connectivity index (χ1v) is 11.8. The Kier molecular flexibility index (Phi) is 3.72. The van der Waals surface area contributed by atoms with E-state index < -0.39 is 0 Å². The fourth-order valence-electron chi connectivity index (χ4n) is 4.48. The monoisotopic (exact) mass is 427 g/mol. The van der Waals surface area contributed by atoms with Gasteiger partial charge in [0.1, 0.15) is 5.58 Å². The summed E-state index contributed by atoms with van der Waals surface area (Å²) in [4.78, 5) is 4.91. The average Bonchev–Trinajstić information content (AvgIpc) is 3.42. The van der Waals surface area contributed by atoms with Crippen molar-refractivity contribution in [1.82, 2.24) is 4.98 Å². The number of aromatic nitrogens is 1. The minimum Gasteiger partial charge on any atom is -0.464 e. The van der Waals surface area contributed by atoms with Gasteiger partial charge in [-0.15, -0.1) is 22.7 Å². The zero-order chi connectivity index (χ0) is 20.6. The van der Waals surface area contributed by atoms with Gasteiger partial charge < -0.3 is 4.42 Å². The quantitative estimate of drug-likeness (QED) is 0.262. The maximum Gasteiger partial charge on any atom is 0.134 e. The van der Waals surface area contributed by atoms with Gasteiger partial charge in [0.15, 0.2) is 0 Å².